The Bertz CT molecular complexity index is 451. The van der Waals surface area contributed by atoms with Crippen molar-refractivity contribution < 1.29 is 19.0 Å². The molecule has 6 heteroatoms. The van der Waals surface area contributed by atoms with Crippen LogP contribution in [0.5, 0.6) is 5.75 Å². The van der Waals surface area contributed by atoms with Gasteiger partial charge < -0.3 is 9.84 Å². The Hall–Kier alpha value is -1.17. The Morgan fingerprint density at radius 2 is 2.47 bits per heavy atom. The number of carboxylic acid groups (broad SMARTS) is 1. The molecule has 0 saturated carbocycles. The number of halogens is 2. The molecule has 15 heavy (non-hydrogen) atoms. The number of hydrogen-bond donors (Lipinski definition) is 1. The van der Waals surface area contributed by atoms with E-state index >= 15 is 0 Å². The van der Waals surface area contributed by atoms with Gasteiger partial charge in [0.15, 0.2) is 5.75 Å². The predicted octanol–water partition coefficient (Wildman–Crippen LogP) is 1.79. The maximum absolute atomic E-state index is 14.0. The van der Waals surface area contributed by atoms with Gasteiger partial charge in [-0.25, -0.2) is 14.2 Å². The lowest BCUT2D eigenvalue weighted by atomic mass is 9.99. The van der Waals surface area contributed by atoms with Gasteiger partial charge in [-0.3, -0.25) is 0 Å². The van der Waals surface area contributed by atoms with Gasteiger partial charge in [0.2, 0.25) is 0 Å². The second-order valence-corrected chi connectivity index (χ2v) is 4.08. The first-order chi connectivity index (χ1) is 6.95. The summed E-state index contributed by atoms with van der Waals surface area (Å²) >= 11 is 3.10. The third-order valence-electron chi connectivity index (χ3n) is 2.24. The molecule has 0 amide bonds. The zero-order valence-electron chi connectivity index (χ0n) is 7.75. The van der Waals surface area contributed by atoms with Gasteiger partial charge in [0.25, 0.3) is 5.67 Å². The predicted molar refractivity (Wildman–Crippen MR) is 52.6 cm³/mol. The number of pyridine rings is 1. The number of aliphatic carboxylic acids is 1. The molecule has 0 fully saturated rings. The molecule has 1 aliphatic rings. The molecule has 1 atom stereocenters. The summed E-state index contributed by atoms with van der Waals surface area (Å²) in [6, 6.07) is 1.39. The van der Waals surface area contributed by atoms with E-state index < -0.39 is 18.2 Å². The van der Waals surface area contributed by atoms with Crippen LogP contribution in [0.25, 0.3) is 0 Å². The topological polar surface area (TPSA) is 59.4 Å². The van der Waals surface area contributed by atoms with Crippen molar-refractivity contribution in [3.8, 4) is 5.75 Å². The lowest BCUT2D eigenvalue weighted by Crippen LogP contribution is -2.32. The fourth-order valence-corrected chi connectivity index (χ4v) is 2.09. The van der Waals surface area contributed by atoms with Crippen molar-refractivity contribution in [2.45, 2.75) is 12.6 Å². The zero-order valence-corrected chi connectivity index (χ0v) is 9.34. The molecule has 0 spiro atoms. The maximum Gasteiger partial charge on any atom is 0.350 e. The van der Waals surface area contributed by atoms with Crippen LogP contribution in [0.15, 0.2) is 10.7 Å². The van der Waals surface area contributed by atoms with Gasteiger partial charge in [-0.05, 0) is 28.9 Å². The van der Waals surface area contributed by atoms with Gasteiger partial charge in [0, 0.05) is 5.69 Å². The molecule has 0 aromatic carbocycles. The largest absolute Gasteiger partial charge is 0.486 e. The maximum atomic E-state index is 14.0. The van der Waals surface area contributed by atoms with Crippen LogP contribution >= 0.6 is 15.9 Å². The van der Waals surface area contributed by atoms with Crippen molar-refractivity contribution in [2.24, 2.45) is 0 Å². The van der Waals surface area contributed by atoms with E-state index in [0.717, 1.165) is 0 Å². The average Bonchev–Trinajstić information content (AvgIpc) is 2.46. The Balaban J connectivity index is 2.65. The molecule has 1 aromatic heterocycles. The van der Waals surface area contributed by atoms with Gasteiger partial charge in [-0.15, -0.1) is 0 Å². The summed E-state index contributed by atoms with van der Waals surface area (Å²) in [4.78, 5) is 14.8. The Labute approximate surface area is 93.2 Å². The van der Waals surface area contributed by atoms with Crippen molar-refractivity contribution in [3.05, 3.63) is 21.9 Å². The van der Waals surface area contributed by atoms with Crippen LogP contribution in [-0.4, -0.2) is 22.7 Å². The number of alkyl halides is 1. The lowest BCUT2D eigenvalue weighted by molar-refractivity contribution is -0.152. The number of hydrogen-bond acceptors (Lipinski definition) is 3. The van der Waals surface area contributed by atoms with E-state index in [2.05, 4.69) is 20.9 Å². The number of ether oxygens (including phenoxy) is 1. The van der Waals surface area contributed by atoms with E-state index in [-0.39, 0.29) is 11.3 Å². The highest BCUT2D eigenvalue weighted by molar-refractivity contribution is 9.10. The third kappa shape index (κ3) is 1.40. The van der Waals surface area contributed by atoms with Gasteiger partial charge >= 0.3 is 5.97 Å². The minimum atomic E-state index is -2.47. The van der Waals surface area contributed by atoms with Crippen molar-refractivity contribution in [1.29, 1.82) is 0 Å². The molecule has 2 heterocycles. The standard InChI is InChI=1S/C9H7BrFNO3/c1-4-2-5-6(7(10)12-4)15-3-9(5,11)8(13)14/h2H,3H2,1H3,(H,13,14). The molecule has 1 N–H and O–H groups in total. The number of carbonyl (C=O) groups is 1. The summed E-state index contributed by atoms with van der Waals surface area (Å²) in [6.07, 6.45) is 0. The Kier molecular flexibility index (Phi) is 2.18. The van der Waals surface area contributed by atoms with Gasteiger partial charge in [-0.1, -0.05) is 0 Å². The molecule has 0 aliphatic carbocycles. The second kappa shape index (κ2) is 3.16. The molecule has 1 aromatic rings. The zero-order chi connectivity index (χ0) is 11.2. The molecule has 4 nitrogen and oxygen atoms in total. The summed E-state index contributed by atoms with van der Waals surface area (Å²) in [5.41, 5.74) is -1.91. The normalized spacial score (nSPS) is 23.4. The van der Waals surface area contributed by atoms with E-state index in [1.165, 1.54) is 6.07 Å². The number of rotatable bonds is 1. The minimum absolute atomic E-state index is 0.0226. The van der Waals surface area contributed by atoms with Gasteiger partial charge in [0.1, 0.15) is 11.2 Å². The number of nitrogens with zero attached hydrogens (tertiary/aromatic N) is 1. The number of fused-ring (bicyclic) bond motifs is 1. The summed E-state index contributed by atoms with van der Waals surface area (Å²) < 4.78 is 19.3. The highest BCUT2D eigenvalue weighted by Crippen LogP contribution is 2.43. The first kappa shape index (κ1) is 10.4. The van der Waals surface area contributed by atoms with Crippen LogP contribution in [0.2, 0.25) is 0 Å². The van der Waals surface area contributed by atoms with E-state index in [9.17, 15) is 9.18 Å². The quantitative estimate of drug-likeness (QED) is 0.794. The van der Waals surface area contributed by atoms with Crippen molar-refractivity contribution in [1.82, 2.24) is 4.98 Å². The Morgan fingerprint density at radius 1 is 1.80 bits per heavy atom. The van der Waals surface area contributed by atoms with Crippen LogP contribution in [0, 0.1) is 6.92 Å². The minimum Gasteiger partial charge on any atom is -0.486 e. The summed E-state index contributed by atoms with van der Waals surface area (Å²) in [6.45, 7) is 1.15. The van der Waals surface area contributed by atoms with Crippen LogP contribution in [0.4, 0.5) is 4.39 Å². The fourth-order valence-electron chi connectivity index (χ4n) is 1.48. The number of carboxylic acids is 1. The average molecular weight is 276 g/mol. The molecular weight excluding hydrogens is 269 g/mol. The molecule has 0 radical (unpaired) electrons. The lowest BCUT2D eigenvalue weighted by Gasteiger charge is -2.11. The molecular formula is C9H7BrFNO3. The first-order valence-corrected chi connectivity index (χ1v) is 4.97. The number of aryl methyl sites for hydroxylation is 1. The van der Waals surface area contributed by atoms with Crippen LogP contribution in [0.1, 0.15) is 11.3 Å². The van der Waals surface area contributed by atoms with Crippen LogP contribution in [-0.2, 0) is 10.5 Å². The number of aromatic nitrogens is 1. The summed E-state index contributed by atoms with van der Waals surface area (Å²) in [5, 5.41) is 8.81. The van der Waals surface area contributed by atoms with E-state index in [0.29, 0.717) is 10.3 Å². The van der Waals surface area contributed by atoms with Crippen molar-refractivity contribution in [3.63, 3.8) is 0 Å². The highest BCUT2D eigenvalue weighted by Gasteiger charge is 2.49. The van der Waals surface area contributed by atoms with Gasteiger partial charge in [-0.2, -0.15) is 0 Å². The summed E-state index contributed by atoms with van der Waals surface area (Å²) in [7, 11) is 0. The van der Waals surface area contributed by atoms with Gasteiger partial charge in [0.05, 0.1) is 5.56 Å². The second-order valence-electron chi connectivity index (χ2n) is 3.33. The molecule has 2 rings (SSSR count). The van der Waals surface area contributed by atoms with E-state index in [1.54, 1.807) is 6.92 Å². The fraction of sp³-hybridized carbons (Fsp3) is 0.333. The van der Waals surface area contributed by atoms with E-state index in [1.807, 2.05) is 0 Å². The molecule has 80 valence electrons. The molecule has 1 unspecified atom stereocenters. The monoisotopic (exact) mass is 275 g/mol. The van der Waals surface area contributed by atoms with Crippen molar-refractivity contribution in [2.75, 3.05) is 6.61 Å². The smallest absolute Gasteiger partial charge is 0.350 e. The van der Waals surface area contributed by atoms with E-state index in [4.69, 9.17) is 9.84 Å². The highest BCUT2D eigenvalue weighted by atomic mass is 79.9. The SMILES string of the molecule is Cc1cc2c(c(Br)n1)OCC2(F)C(=O)O. The molecule has 0 saturated heterocycles. The summed E-state index contributed by atoms with van der Waals surface area (Å²) in [5.74, 6) is -1.37. The third-order valence-corrected chi connectivity index (χ3v) is 2.78. The van der Waals surface area contributed by atoms with Crippen molar-refractivity contribution >= 4 is 21.9 Å². The molecule has 1 aliphatic heterocycles. The van der Waals surface area contributed by atoms with Crippen LogP contribution < -0.4 is 4.74 Å². The molecule has 0 bridgehead atoms. The Morgan fingerprint density at radius 3 is 3.07 bits per heavy atom. The van der Waals surface area contributed by atoms with Crippen LogP contribution in [0.3, 0.4) is 0 Å². The first-order valence-electron chi connectivity index (χ1n) is 4.18.